The van der Waals surface area contributed by atoms with E-state index in [1.165, 1.54) is 20.9 Å². The zero-order chi connectivity index (χ0) is 52.4. The number of phenols is 1. The lowest BCUT2D eigenvalue weighted by Gasteiger charge is -2.36. The predicted molar refractivity (Wildman–Crippen MR) is 286 cm³/mol. The molecule has 4 rings (SSSR count). The minimum absolute atomic E-state index is 0.0171. The SMILES string of the molecule is C=CC=N/C(=C/c1c(CC(C)(C)CON=O)c2cc(-c3cc(O)cc(CC(NC(=O)C(C(C)C)N(CCS)C(=O)CCN(C)C(=O)/C=C/CN(C)C)C(=O)N4CCCCN4)c3)ccc2n1CC)C(C)OC. The van der Waals surface area contributed by atoms with E-state index in [4.69, 9.17) is 9.57 Å². The molecule has 3 unspecified atom stereocenters. The van der Waals surface area contributed by atoms with Crippen LogP contribution in [0.4, 0.5) is 0 Å². The third-order valence-corrected chi connectivity index (χ3v) is 12.7. The number of nitrogens with one attached hydrogen (secondary N) is 2. The molecule has 0 saturated carbocycles. The maximum Gasteiger partial charge on any atom is 0.259 e. The first-order valence-electron chi connectivity index (χ1n) is 24.4. The molecule has 3 atom stereocenters. The molecule has 1 fully saturated rings. The Morgan fingerprint density at radius 1 is 1.06 bits per heavy atom. The molecule has 388 valence electrons. The second-order valence-electron chi connectivity index (χ2n) is 19.4. The van der Waals surface area contributed by atoms with E-state index in [1.807, 2.05) is 77.9 Å². The standard InChI is InChI=1S/C53H77N9O8S/c1-12-21-54-44(37(5)69-11)33-47-43(34-53(6,7)35-70-57-68)42-32-39(18-19-46(42)60(47)13-2)40-28-38(29-41(63)31-40)30-45(52(67)62-24-15-14-22-55-62)56-51(66)50(36(3)4)61(26-27-71)49(65)20-25-59(10)48(64)17-16-23-58(8)9/h12,16-19,21,28-29,31-33,36-37,45,50,55,63,71H,1,13-15,20,22-27,30,34-35H2,2-11H3,(H,56,66)/b17-16+,44-33+,54-21?. The van der Waals surface area contributed by atoms with Crippen molar-refractivity contribution in [3.8, 4) is 16.9 Å². The first-order chi connectivity index (χ1) is 33.8. The maximum atomic E-state index is 14.6. The number of likely N-dealkylation sites (N-methyl/N-ethyl adjacent to an activating group) is 2. The van der Waals surface area contributed by atoms with Gasteiger partial charge in [0.1, 0.15) is 24.4 Å². The van der Waals surface area contributed by atoms with Gasteiger partial charge in [-0.05, 0) is 106 Å². The van der Waals surface area contributed by atoms with Crippen LogP contribution in [0.1, 0.15) is 77.6 Å². The molecule has 3 N–H and O–H groups in total. The number of allylic oxidation sites excluding steroid dienone is 1. The van der Waals surface area contributed by atoms with Gasteiger partial charge in [0.25, 0.3) is 5.91 Å². The number of aromatic nitrogens is 1. The second kappa shape index (κ2) is 27.7. The third-order valence-electron chi connectivity index (χ3n) is 12.5. The van der Waals surface area contributed by atoms with Gasteiger partial charge in [-0.15, -0.1) is 4.91 Å². The summed E-state index contributed by atoms with van der Waals surface area (Å²) in [7, 11) is 7.06. The van der Waals surface area contributed by atoms with Gasteiger partial charge >= 0.3 is 0 Å². The van der Waals surface area contributed by atoms with Gasteiger partial charge in [0.05, 0.1) is 11.8 Å². The van der Waals surface area contributed by atoms with Crippen LogP contribution in [0.15, 0.2) is 77.2 Å². The predicted octanol–water partition coefficient (Wildman–Crippen LogP) is 6.84. The van der Waals surface area contributed by atoms with Crippen LogP contribution in [0, 0.1) is 16.2 Å². The molecule has 1 saturated heterocycles. The summed E-state index contributed by atoms with van der Waals surface area (Å²) in [6, 6.07) is 9.25. The fourth-order valence-electron chi connectivity index (χ4n) is 8.76. The summed E-state index contributed by atoms with van der Waals surface area (Å²) in [5.74, 6) is -1.49. The summed E-state index contributed by atoms with van der Waals surface area (Å²) < 4.78 is 7.92. The first kappa shape index (κ1) is 57.8. The number of methoxy groups -OCH3 is 1. The fourth-order valence-corrected chi connectivity index (χ4v) is 8.98. The largest absolute Gasteiger partial charge is 0.508 e. The van der Waals surface area contributed by atoms with Gasteiger partial charge in [0.2, 0.25) is 17.7 Å². The number of carbonyl (C=O) groups is 4. The summed E-state index contributed by atoms with van der Waals surface area (Å²) in [5.41, 5.74) is 8.28. The maximum absolute atomic E-state index is 14.6. The van der Waals surface area contributed by atoms with E-state index < -0.39 is 23.4 Å². The minimum Gasteiger partial charge on any atom is -0.508 e. The molecule has 17 nitrogen and oxygen atoms in total. The number of thiol groups is 1. The van der Waals surface area contributed by atoms with Crippen LogP contribution >= 0.6 is 12.6 Å². The van der Waals surface area contributed by atoms with Gasteiger partial charge in [0, 0.05) is 106 Å². The van der Waals surface area contributed by atoms with Crippen LogP contribution in [0.25, 0.3) is 28.1 Å². The van der Waals surface area contributed by atoms with Crippen molar-refractivity contribution in [2.45, 2.75) is 98.4 Å². The van der Waals surface area contributed by atoms with Crippen LogP contribution in [0.5, 0.6) is 5.75 Å². The molecule has 18 heteroatoms. The van der Waals surface area contributed by atoms with E-state index in [-0.39, 0.29) is 73.8 Å². The Balaban J connectivity index is 1.77. The molecular weight excluding hydrogens is 923 g/mol. The average molecular weight is 1000 g/mol. The Hall–Kier alpha value is -5.82. The Morgan fingerprint density at radius 2 is 1.80 bits per heavy atom. The lowest BCUT2D eigenvalue weighted by atomic mass is 9.85. The number of amides is 4. The number of ether oxygens (including phenoxy) is 1. The molecule has 2 aromatic carbocycles. The van der Waals surface area contributed by atoms with E-state index in [9.17, 15) is 29.2 Å². The second-order valence-corrected chi connectivity index (χ2v) is 19.9. The Kier molecular flexibility index (Phi) is 22.5. The zero-order valence-corrected chi connectivity index (χ0v) is 44.3. The Bertz CT molecular complexity index is 2410. The molecule has 3 aromatic rings. The van der Waals surface area contributed by atoms with Crippen molar-refractivity contribution in [3.63, 3.8) is 0 Å². The van der Waals surface area contributed by atoms with E-state index in [1.54, 1.807) is 44.7 Å². The van der Waals surface area contributed by atoms with Crippen molar-refractivity contribution < 1.29 is 33.9 Å². The number of carbonyl (C=O) groups excluding carboxylic acids is 4. The van der Waals surface area contributed by atoms with Gasteiger partial charge in [-0.2, -0.15) is 12.6 Å². The number of aliphatic imine (C=N–C) groups is 1. The summed E-state index contributed by atoms with van der Waals surface area (Å²) in [4.78, 5) is 81.5. The lowest BCUT2D eigenvalue weighted by Crippen LogP contribution is -2.60. The lowest BCUT2D eigenvalue weighted by molar-refractivity contribution is -0.145. The number of hydrazine groups is 1. The number of fused-ring (bicyclic) bond motifs is 1. The van der Waals surface area contributed by atoms with E-state index in [2.05, 4.69) is 57.8 Å². The minimum atomic E-state index is -1.07. The molecule has 1 aliphatic heterocycles. The van der Waals surface area contributed by atoms with Crippen LogP contribution < -0.4 is 10.7 Å². The van der Waals surface area contributed by atoms with Crippen LogP contribution in [0.2, 0.25) is 0 Å². The van der Waals surface area contributed by atoms with E-state index >= 15 is 0 Å². The number of aryl methyl sites for hydroxylation is 1. The Morgan fingerprint density at radius 3 is 2.42 bits per heavy atom. The van der Waals surface area contributed by atoms with Crippen molar-refractivity contribution in [1.29, 1.82) is 0 Å². The molecule has 0 radical (unpaired) electrons. The highest BCUT2D eigenvalue weighted by Gasteiger charge is 2.36. The molecule has 1 aromatic heterocycles. The van der Waals surface area contributed by atoms with Gasteiger partial charge < -0.3 is 39.3 Å². The Labute approximate surface area is 425 Å². The molecule has 4 amide bonds. The van der Waals surface area contributed by atoms with Crippen LogP contribution in [0.3, 0.4) is 0 Å². The quantitative estimate of drug-likeness (QED) is 0.0207. The normalized spacial score (nSPS) is 14.8. The van der Waals surface area contributed by atoms with Gasteiger partial charge in [0.15, 0.2) is 5.34 Å². The van der Waals surface area contributed by atoms with Gasteiger partial charge in [-0.3, -0.25) is 29.2 Å². The smallest absolute Gasteiger partial charge is 0.259 e. The number of phenolic OH excluding ortho intramolecular Hbond substituents is 1. The molecule has 71 heavy (non-hydrogen) atoms. The van der Waals surface area contributed by atoms with Crippen molar-refractivity contribution in [1.82, 2.24) is 35.0 Å². The number of benzene rings is 2. The van der Waals surface area contributed by atoms with Crippen molar-refractivity contribution in [2.75, 3.05) is 73.3 Å². The van der Waals surface area contributed by atoms with Crippen LogP contribution in [-0.4, -0.2) is 151 Å². The number of rotatable bonds is 27. The molecule has 0 spiro atoms. The van der Waals surface area contributed by atoms with Gasteiger partial charge in [-0.25, -0.2) is 5.43 Å². The topological polar surface area (TPSA) is 191 Å². The third kappa shape index (κ3) is 16.4. The highest BCUT2D eigenvalue weighted by molar-refractivity contribution is 7.80. The molecule has 1 aliphatic rings. The number of hydrogen-bond acceptors (Lipinski definition) is 13. The summed E-state index contributed by atoms with van der Waals surface area (Å²) in [5, 5.41) is 19.5. The fraction of sp³-hybridized carbons (Fsp3) is 0.528. The van der Waals surface area contributed by atoms with Crippen molar-refractivity contribution in [3.05, 3.63) is 88.6 Å². The molecule has 0 bridgehead atoms. The zero-order valence-electron chi connectivity index (χ0n) is 43.4. The summed E-state index contributed by atoms with van der Waals surface area (Å²) >= 11 is 4.44. The highest BCUT2D eigenvalue weighted by atomic mass is 32.1. The average Bonchev–Trinajstić information content (AvgIpc) is 3.62. The molecular formula is C53H77N9O8S. The monoisotopic (exact) mass is 1000 g/mol. The number of nitrogens with zero attached hydrogens (tertiary/aromatic N) is 7. The number of aromatic hydroxyl groups is 1. The van der Waals surface area contributed by atoms with Crippen molar-refractivity contribution in [2.24, 2.45) is 21.7 Å². The summed E-state index contributed by atoms with van der Waals surface area (Å²) in [6.45, 7) is 18.2. The van der Waals surface area contributed by atoms with Gasteiger partial charge in [-0.1, -0.05) is 58.6 Å². The molecule has 2 heterocycles. The highest BCUT2D eigenvalue weighted by Crippen LogP contribution is 2.38. The van der Waals surface area contributed by atoms with E-state index in [0.717, 1.165) is 40.6 Å². The van der Waals surface area contributed by atoms with Crippen molar-refractivity contribution >= 4 is 59.5 Å². The van der Waals surface area contributed by atoms with Crippen LogP contribution in [-0.2, 0) is 48.1 Å². The first-order valence-corrected chi connectivity index (χ1v) is 25.1. The number of hydrogen-bond donors (Lipinski definition) is 4. The summed E-state index contributed by atoms with van der Waals surface area (Å²) in [6.07, 6.45) is 10.3. The van der Waals surface area contributed by atoms with E-state index in [0.29, 0.717) is 49.4 Å². The molecule has 0 aliphatic carbocycles.